The van der Waals surface area contributed by atoms with Gasteiger partial charge in [0.05, 0.1) is 0 Å². The van der Waals surface area contributed by atoms with E-state index in [0.29, 0.717) is 11.3 Å². The van der Waals surface area contributed by atoms with E-state index in [2.05, 4.69) is 26.1 Å². The minimum Gasteiger partial charge on any atom is -0.324 e. The molecule has 4 nitrogen and oxygen atoms in total. The number of anilines is 1. The minimum absolute atomic E-state index is 0.00804. The van der Waals surface area contributed by atoms with Crippen LogP contribution in [0.3, 0.4) is 0 Å². The second-order valence-corrected chi connectivity index (χ2v) is 10.6. The number of thioether (sulfide) groups is 1. The van der Waals surface area contributed by atoms with Crippen molar-refractivity contribution >= 4 is 29.3 Å². The Bertz CT molecular complexity index is 1120. The van der Waals surface area contributed by atoms with Crippen LogP contribution in [0.25, 0.3) is 0 Å². The van der Waals surface area contributed by atoms with Crippen LogP contribution in [-0.4, -0.2) is 28.5 Å². The number of amides is 2. The van der Waals surface area contributed by atoms with Gasteiger partial charge >= 0.3 is 0 Å². The number of benzene rings is 3. The van der Waals surface area contributed by atoms with E-state index in [0.717, 1.165) is 16.8 Å². The van der Waals surface area contributed by atoms with Crippen molar-refractivity contribution in [1.29, 1.82) is 0 Å². The average Bonchev–Trinajstić information content (AvgIpc) is 3.25. The number of aryl methyl sites for hydroxylation is 1. The maximum absolute atomic E-state index is 13.7. The Morgan fingerprint density at radius 3 is 2.15 bits per heavy atom. The van der Waals surface area contributed by atoms with E-state index < -0.39 is 6.04 Å². The standard InChI is InChI=1S/C28H30N2O2S/c1-19-10-16-23(17-11-19)29-25(31)24-18-33-27(21-8-6-5-7-9-21)30(24)26(32)20-12-14-22(15-13-20)28(2,3)4/h5-17,24,27H,18H2,1-4H3,(H,29,31). The van der Waals surface area contributed by atoms with Crippen LogP contribution >= 0.6 is 11.8 Å². The lowest BCUT2D eigenvalue weighted by Crippen LogP contribution is -2.45. The number of rotatable bonds is 4. The third kappa shape index (κ3) is 5.14. The van der Waals surface area contributed by atoms with Crippen LogP contribution in [0.2, 0.25) is 0 Å². The first-order chi connectivity index (χ1) is 15.7. The Morgan fingerprint density at radius 1 is 0.909 bits per heavy atom. The molecule has 0 aliphatic carbocycles. The van der Waals surface area contributed by atoms with Gasteiger partial charge in [-0.15, -0.1) is 11.8 Å². The molecule has 1 N–H and O–H groups in total. The zero-order valence-corrected chi connectivity index (χ0v) is 20.4. The van der Waals surface area contributed by atoms with Crippen molar-refractivity contribution in [2.45, 2.75) is 44.5 Å². The van der Waals surface area contributed by atoms with E-state index in [4.69, 9.17) is 0 Å². The molecule has 2 amide bonds. The Hall–Kier alpha value is -3.05. The molecule has 0 aromatic heterocycles. The van der Waals surface area contributed by atoms with Crippen molar-refractivity contribution < 1.29 is 9.59 Å². The lowest BCUT2D eigenvalue weighted by molar-refractivity contribution is -0.119. The van der Waals surface area contributed by atoms with Crippen molar-refractivity contribution in [3.8, 4) is 0 Å². The highest BCUT2D eigenvalue weighted by atomic mass is 32.2. The molecule has 1 aliphatic heterocycles. The molecule has 33 heavy (non-hydrogen) atoms. The Labute approximate surface area is 200 Å². The number of nitrogens with one attached hydrogen (secondary N) is 1. The zero-order valence-electron chi connectivity index (χ0n) is 19.5. The summed E-state index contributed by atoms with van der Waals surface area (Å²) in [4.78, 5) is 28.8. The summed E-state index contributed by atoms with van der Waals surface area (Å²) < 4.78 is 0. The normalized spacial score (nSPS) is 18.2. The monoisotopic (exact) mass is 458 g/mol. The number of carbonyl (C=O) groups is 2. The van der Waals surface area contributed by atoms with Crippen molar-refractivity contribution in [3.05, 3.63) is 101 Å². The fraction of sp³-hybridized carbons (Fsp3) is 0.286. The second-order valence-electron chi connectivity index (χ2n) is 9.51. The Kier molecular flexibility index (Phi) is 6.61. The summed E-state index contributed by atoms with van der Waals surface area (Å²) in [6, 6.07) is 24.9. The Balaban J connectivity index is 1.64. The van der Waals surface area contributed by atoms with Gasteiger partial charge in [-0.3, -0.25) is 9.59 Å². The summed E-state index contributed by atoms with van der Waals surface area (Å²) in [6.07, 6.45) is 0. The van der Waals surface area contributed by atoms with Crippen LogP contribution in [0.5, 0.6) is 0 Å². The predicted molar refractivity (Wildman–Crippen MR) is 137 cm³/mol. The van der Waals surface area contributed by atoms with E-state index >= 15 is 0 Å². The third-order valence-corrected chi connectivity index (χ3v) is 7.26. The first-order valence-corrected chi connectivity index (χ1v) is 12.3. The molecule has 0 spiro atoms. The molecule has 5 heteroatoms. The first kappa shape index (κ1) is 23.1. The molecule has 4 rings (SSSR count). The van der Waals surface area contributed by atoms with Crippen molar-refractivity contribution in [2.75, 3.05) is 11.1 Å². The summed E-state index contributed by atoms with van der Waals surface area (Å²) >= 11 is 1.63. The lowest BCUT2D eigenvalue weighted by Gasteiger charge is -2.29. The van der Waals surface area contributed by atoms with Crippen LogP contribution in [0, 0.1) is 6.92 Å². The second kappa shape index (κ2) is 9.44. The van der Waals surface area contributed by atoms with Crippen LogP contribution in [0.1, 0.15) is 53.2 Å². The largest absolute Gasteiger partial charge is 0.324 e. The van der Waals surface area contributed by atoms with Crippen LogP contribution < -0.4 is 5.32 Å². The fourth-order valence-corrected chi connectivity index (χ4v) is 5.38. The molecule has 1 fully saturated rings. The number of hydrogen-bond acceptors (Lipinski definition) is 3. The molecule has 2 unspecified atom stereocenters. The SMILES string of the molecule is Cc1ccc(NC(=O)C2CSC(c3ccccc3)N2C(=O)c2ccc(C(C)(C)C)cc2)cc1. The third-order valence-electron chi connectivity index (χ3n) is 5.94. The molecular weight excluding hydrogens is 428 g/mol. The van der Waals surface area contributed by atoms with Crippen LogP contribution in [-0.2, 0) is 10.2 Å². The van der Waals surface area contributed by atoms with Gasteiger partial charge in [-0.2, -0.15) is 0 Å². The number of hydrogen-bond donors (Lipinski definition) is 1. The molecule has 3 aromatic rings. The highest BCUT2D eigenvalue weighted by Crippen LogP contribution is 2.42. The van der Waals surface area contributed by atoms with Gasteiger partial charge in [-0.1, -0.05) is 80.9 Å². The maximum atomic E-state index is 13.7. The molecule has 0 radical (unpaired) electrons. The van der Waals surface area contributed by atoms with Gasteiger partial charge in [-0.05, 0) is 47.7 Å². The molecule has 1 saturated heterocycles. The summed E-state index contributed by atoms with van der Waals surface area (Å²) in [5.74, 6) is 0.256. The predicted octanol–water partition coefficient (Wildman–Crippen LogP) is 6.19. The summed E-state index contributed by atoms with van der Waals surface area (Å²) in [6.45, 7) is 8.46. The van der Waals surface area contributed by atoms with E-state index in [1.807, 2.05) is 85.8 Å². The van der Waals surface area contributed by atoms with Crippen molar-refractivity contribution in [3.63, 3.8) is 0 Å². The van der Waals surface area contributed by atoms with E-state index in [1.54, 1.807) is 16.7 Å². The molecule has 0 bridgehead atoms. The highest BCUT2D eigenvalue weighted by molar-refractivity contribution is 7.99. The van der Waals surface area contributed by atoms with Gasteiger partial charge in [0, 0.05) is 17.0 Å². The molecule has 1 aliphatic rings. The fourth-order valence-electron chi connectivity index (χ4n) is 3.96. The van der Waals surface area contributed by atoms with Gasteiger partial charge in [0.2, 0.25) is 5.91 Å². The van der Waals surface area contributed by atoms with E-state index in [9.17, 15) is 9.59 Å². The lowest BCUT2D eigenvalue weighted by atomic mass is 9.86. The molecule has 2 atom stereocenters. The molecule has 0 saturated carbocycles. The summed E-state index contributed by atoms with van der Waals surface area (Å²) in [7, 11) is 0. The molecular formula is C28H30N2O2S. The average molecular weight is 459 g/mol. The van der Waals surface area contributed by atoms with Gasteiger partial charge in [-0.25, -0.2) is 0 Å². The molecule has 3 aromatic carbocycles. The highest BCUT2D eigenvalue weighted by Gasteiger charge is 2.42. The van der Waals surface area contributed by atoms with Crippen molar-refractivity contribution in [2.24, 2.45) is 0 Å². The topological polar surface area (TPSA) is 49.4 Å². The van der Waals surface area contributed by atoms with Gasteiger partial charge in [0.25, 0.3) is 5.91 Å². The van der Waals surface area contributed by atoms with Crippen molar-refractivity contribution in [1.82, 2.24) is 4.90 Å². The van der Waals surface area contributed by atoms with E-state index in [-0.39, 0.29) is 22.6 Å². The number of carbonyl (C=O) groups excluding carboxylic acids is 2. The molecule has 1 heterocycles. The molecule has 170 valence electrons. The van der Waals surface area contributed by atoms with E-state index in [1.165, 1.54) is 5.56 Å². The smallest absolute Gasteiger partial charge is 0.255 e. The summed E-state index contributed by atoms with van der Waals surface area (Å²) in [5.41, 5.74) is 4.66. The number of nitrogens with zero attached hydrogens (tertiary/aromatic N) is 1. The maximum Gasteiger partial charge on any atom is 0.255 e. The van der Waals surface area contributed by atoms with Gasteiger partial charge in [0.1, 0.15) is 11.4 Å². The van der Waals surface area contributed by atoms with Gasteiger partial charge < -0.3 is 10.2 Å². The first-order valence-electron chi connectivity index (χ1n) is 11.2. The van der Waals surface area contributed by atoms with Crippen LogP contribution in [0.4, 0.5) is 5.69 Å². The van der Waals surface area contributed by atoms with Gasteiger partial charge in [0.15, 0.2) is 0 Å². The van der Waals surface area contributed by atoms with Crippen LogP contribution in [0.15, 0.2) is 78.9 Å². The Morgan fingerprint density at radius 2 is 1.55 bits per heavy atom. The quantitative estimate of drug-likeness (QED) is 0.507. The minimum atomic E-state index is -0.559. The summed E-state index contributed by atoms with van der Waals surface area (Å²) in [5, 5.41) is 2.79. The zero-order chi connectivity index (χ0) is 23.6.